The zero-order valence-corrected chi connectivity index (χ0v) is 17.7. The van der Waals surface area contributed by atoms with Crippen LogP contribution in [0, 0.1) is 5.41 Å². The van der Waals surface area contributed by atoms with E-state index in [1.807, 2.05) is 24.3 Å². The molecule has 0 aliphatic rings. The highest BCUT2D eigenvalue weighted by atomic mass is 16.5. The Balaban J connectivity index is 1.81. The van der Waals surface area contributed by atoms with Crippen LogP contribution in [0.5, 0.6) is 11.5 Å². The average molecular weight is 399 g/mol. The molecule has 0 spiro atoms. The topological polar surface area (TPSA) is 76.7 Å². The molecule has 0 heterocycles. The van der Waals surface area contributed by atoms with Crippen molar-refractivity contribution in [2.24, 2.45) is 5.41 Å². The Bertz CT molecular complexity index is 812. The van der Waals surface area contributed by atoms with Gasteiger partial charge in [-0.2, -0.15) is 0 Å². The maximum absolute atomic E-state index is 12.6. The standard InChI is InChI=1S/C23H30N2O4/c1-16(2)17-6-8-18(9-7-17)25-22(27)23(3,4)21(26)24-14-15-29-20-12-10-19(28-5)11-13-20/h6-13,16H,14-15H2,1-5H3,(H,24,26)(H,25,27). The molecule has 0 atom stereocenters. The number of carbonyl (C=O) groups excluding carboxylic acids is 2. The molecular formula is C23H30N2O4. The first-order valence-corrected chi connectivity index (χ1v) is 9.70. The number of amides is 2. The summed E-state index contributed by atoms with van der Waals surface area (Å²) in [6.45, 7) is 8.02. The second kappa shape index (κ2) is 9.96. The fourth-order valence-electron chi connectivity index (χ4n) is 2.57. The van der Waals surface area contributed by atoms with Crippen molar-refractivity contribution < 1.29 is 19.1 Å². The van der Waals surface area contributed by atoms with Gasteiger partial charge in [-0.25, -0.2) is 0 Å². The Hall–Kier alpha value is -3.02. The van der Waals surface area contributed by atoms with E-state index in [9.17, 15) is 9.59 Å². The summed E-state index contributed by atoms with van der Waals surface area (Å²) in [5, 5.41) is 5.57. The lowest BCUT2D eigenvalue weighted by molar-refractivity contribution is -0.138. The maximum atomic E-state index is 12.6. The Labute approximate surface area is 172 Å². The molecule has 0 unspecified atom stereocenters. The van der Waals surface area contributed by atoms with E-state index < -0.39 is 5.41 Å². The zero-order valence-electron chi connectivity index (χ0n) is 17.7. The Kier molecular flexibility index (Phi) is 7.65. The molecule has 2 aromatic carbocycles. The van der Waals surface area contributed by atoms with Crippen LogP contribution in [0.15, 0.2) is 48.5 Å². The largest absolute Gasteiger partial charge is 0.497 e. The average Bonchev–Trinajstić information content (AvgIpc) is 2.71. The molecular weight excluding hydrogens is 368 g/mol. The number of anilines is 1. The first-order valence-electron chi connectivity index (χ1n) is 9.70. The molecule has 29 heavy (non-hydrogen) atoms. The van der Waals surface area contributed by atoms with E-state index in [4.69, 9.17) is 9.47 Å². The minimum atomic E-state index is -1.21. The van der Waals surface area contributed by atoms with E-state index in [1.54, 1.807) is 45.2 Å². The third-order valence-electron chi connectivity index (χ3n) is 4.69. The van der Waals surface area contributed by atoms with Crippen molar-refractivity contribution in [1.29, 1.82) is 0 Å². The molecule has 0 saturated heterocycles. The molecule has 2 amide bonds. The lowest BCUT2D eigenvalue weighted by Crippen LogP contribution is -2.46. The molecule has 2 aromatic rings. The van der Waals surface area contributed by atoms with Crippen molar-refractivity contribution in [3.8, 4) is 11.5 Å². The van der Waals surface area contributed by atoms with Crippen LogP contribution in [0.25, 0.3) is 0 Å². The molecule has 0 radical (unpaired) electrons. The summed E-state index contributed by atoms with van der Waals surface area (Å²) in [6.07, 6.45) is 0. The van der Waals surface area contributed by atoms with Crippen LogP contribution in [0.4, 0.5) is 5.69 Å². The highest BCUT2D eigenvalue weighted by Gasteiger charge is 2.35. The van der Waals surface area contributed by atoms with E-state index in [0.29, 0.717) is 30.5 Å². The molecule has 0 bridgehead atoms. The third kappa shape index (κ3) is 6.24. The van der Waals surface area contributed by atoms with Gasteiger partial charge in [-0.05, 0) is 61.7 Å². The number of rotatable bonds is 9. The summed E-state index contributed by atoms with van der Waals surface area (Å²) >= 11 is 0. The van der Waals surface area contributed by atoms with Crippen LogP contribution >= 0.6 is 0 Å². The van der Waals surface area contributed by atoms with Crippen LogP contribution in [-0.4, -0.2) is 32.1 Å². The second-order valence-electron chi connectivity index (χ2n) is 7.64. The quantitative estimate of drug-likeness (QED) is 0.495. The SMILES string of the molecule is COc1ccc(OCCNC(=O)C(C)(C)C(=O)Nc2ccc(C(C)C)cc2)cc1. The van der Waals surface area contributed by atoms with Crippen LogP contribution in [-0.2, 0) is 9.59 Å². The molecule has 6 heteroatoms. The lowest BCUT2D eigenvalue weighted by atomic mass is 9.91. The van der Waals surface area contributed by atoms with E-state index in [-0.39, 0.29) is 11.8 Å². The summed E-state index contributed by atoms with van der Waals surface area (Å²) in [6, 6.07) is 14.8. The van der Waals surface area contributed by atoms with Gasteiger partial charge in [-0.3, -0.25) is 9.59 Å². The fourth-order valence-corrected chi connectivity index (χ4v) is 2.57. The van der Waals surface area contributed by atoms with Crippen LogP contribution in [0.1, 0.15) is 39.2 Å². The van der Waals surface area contributed by atoms with Crippen LogP contribution < -0.4 is 20.1 Å². The van der Waals surface area contributed by atoms with E-state index in [0.717, 1.165) is 5.75 Å². The first kappa shape index (κ1) is 22.3. The Morgan fingerprint density at radius 1 is 0.931 bits per heavy atom. The second-order valence-corrected chi connectivity index (χ2v) is 7.64. The van der Waals surface area contributed by atoms with Crippen LogP contribution in [0.3, 0.4) is 0 Å². The summed E-state index contributed by atoms with van der Waals surface area (Å²) in [5.74, 6) is 1.14. The van der Waals surface area contributed by atoms with E-state index >= 15 is 0 Å². The van der Waals surface area contributed by atoms with Crippen molar-refractivity contribution in [3.63, 3.8) is 0 Å². The van der Waals surface area contributed by atoms with Crippen molar-refractivity contribution in [2.45, 2.75) is 33.6 Å². The molecule has 0 aliphatic heterocycles. The smallest absolute Gasteiger partial charge is 0.239 e. The fraction of sp³-hybridized carbons (Fsp3) is 0.391. The number of methoxy groups -OCH3 is 1. The summed E-state index contributed by atoms with van der Waals surface area (Å²) < 4.78 is 10.7. The summed E-state index contributed by atoms with van der Waals surface area (Å²) in [4.78, 5) is 25.1. The van der Waals surface area contributed by atoms with Crippen molar-refractivity contribution in [3.05, 3.63) is 54.1 Å². The van der Waals surface area contributed by atoms with Gasteiger partial charge in [0.2, 0.25) is 11.8 Å². The van der Waals surface area contributed by atoms with Gasteiger partial charge in [0.25, 0.3) is 0 Å². The number of hydrogen-bond donors (Lipinski definition) is 2. The Morgan fingerprint density at radius 2 is 1.52 bits per heavy atom. The van der Waals surface area contributed by atoms with E-state index in [1.165, 1.54) is 5.56 Å². The van der Waals surface area contributed by atoms with Gasteiger partial charge in [-0.15, -0.1) is 0 Å². The molecule has 156 valence electrons. The zero-order chi connectivity index (χ0) is 21.4. The third-order valence-corrected chi connectivity index (χ3v) is 4.69. The summed E-state index contributed by atoms with van der Waals surface area (Å²) in [7, 11) is 1.60. The molecule has 0 saturated carbocycles. The predicted octanol–water partition coefficient (Wildman–Crippen LogP) is 3.98. The van der Waals surface area contributed by atoms with Gasteiger partial charge in [0.15, 0.2) is 0 Å². The summed E-state index contributed by atoms with van der Waals surface area (Å²) in [5.41, 5.74) is 0.650. The molecule has 0 aliphatic carbocycles. The van der Waals surface area contributed by atoms with Gasteiger partial charge < -0.3 is 20.1 Å². The van der Waals surface area contributed by atoms with Crippen LogP contribution in [0.2, 0.25) is 0 Å². The highest BCUT2D eigenvalue weighted by molar-refractivity contribution is 6.09. The lowest BCUT2D eigenvalue weighted by Gasteiger charge is -2.23. The maximum Gasteiger partial charge on any atom is 0.239 e. The predicted molar refractivity (Wildman–Crippen MR) is 114 cm³/mol. The normalized spacial score (nSPS) is 11.1. The van der Waals surface area contributed by atoms with Crippen molar-refractivity contribution in [2.75, 3.05) is 25.6 Å². The molecule has 0 fully saturated rings. The number of hydrogen-bond acceptors (Lipinski definition) is 4. The van der Waals surface area contributed by atoms with Gasteiger partial charge in [0.05, 0.1) is 13.7 Å². The minimum absolute atomic E-state index is 0.296. The highest BCUT2D eigenvalue weighted by Crippen LogP contribution is 2.21. The molecule has 0 aromatic heterocycles. The number of carbonyl (C=O) groups is 2. The van der Waals surface area contributed by atoms with Crippen molar-refractivity contribution >= 4 is 17.5 Å². The monoisotopic (exact) mass is 398 g/mol. The van der Waals surface area contributed by atoms with Gasteiger partial charge >= 0.3 is 0 Å². The Morgan fingerprint density at radius 3 is 2.07 bits per heavy atom. The number of ether oxygens (including phenoxy) is 2. The molecule has 2 rings (SSSR count). The number of nitrogens with one attached hydrogen (secondary N) is 2. The van der Waals surface area contributed by atoms with Crippen molar-refractivity contribution in [1.82, 2.24) is 5.32 Å². The first-order chi connectivity index (χ1) is 13.7. The molecule has 2 N–H and O–H groups in total. The van der Waals surface area contributed by atoms with Gasteiger partial charge in [0.1, 0.15) is 23.5 Å². The molecule has 6 nitrogen and oxygen atoms in total. The minimum Gasteiger partial charge on any atom is -0.497 e. The number of benzene rings is 2. The van der Waals surface area contributed by atoms with E-state index in [2.05, 4.69) is 24.5 Å². The van der Waals surface area contributed by atoms with Gasteiger partial charge in [-0.1, -0.05) is 26.0 Å². The van der Waals surface area contributed by atoms with Gasteiger partial charge in [0, 0.05) is 5.69 Å².